The molecule has 0 aliphatic heterocycles. The van der Waals surface area contributed by atoms with Crippen LogP contribution in [0.4, 0.5) is 5.69 Å². The molecule has 2 N–H and O–H groups in total. The van der Waals surface area contributed by atoms with Crippen molar-refractivity contribution in [3.8, 4) is 11.5 Å². The summed E-state index contributed by atoms with van der Waals surface area (Å²) in [5, 5.41) is 0.380. The minimum absolute atomic E-state index is 0.380. The van der Waals surface area contributed by atoms with Gasteiger partial charge in [0.2, 0.25) is 0 Å². The van der Waals surface area contributed by atoms with E-state index >= 15 is 0 Å². The molecule has 0 saturated heterocycles. The van der Waals surface area contributed by atoms with Gasteiger partial charge < -0.3 is 15.2 Å². The fourth-order valence-electron chi connectivity index (χ4n) is 0.943. The largest absolute Gasteiger partial charge is 0.495 e. The van der Waals surface area contributed by atoms with Crippen LogP contribution in [0.3, 0.4) is 0 Å². The average molecular weight is 267 g/mol. The van der Waals surface area contributed by atoms with Gasteiger partial charge in [0.25, 0.3) is 0 Å². The van der Waals surface area contributed by atoms with Crippen LogP contribution in [-0.2, 0) is 0 Å². The van der Waals surface area contributed by atoms with Crippen LogP contribution in [0.1, 0.15) is 0 Å². The second-order valence-electron chi connectivity index (χ2n) is 2.32. The predicted octanol–water partition coefficient (Wildman–Crippen LogP) is 2.70. The Balaban J connectivity index is 3.39. The lowest BCUT2D eigenvalue weighted by molar-refractivity contribution is 0.395. The fraction of sp³-hybridized carbons (Fsp3) is 0.250. The number of hydrogen-bond donors (Lipinski definition) is 1. The average Bonchev–Trinajstić information content (AvgIpc) is 2.12. The molecule has 0 aromatic heterocycles. The molecule has 0 aliphatic rings. The van der Waals surface area contributed by atoms with E-state index in [-0.39, 0.29) is 0 Å². The molecule has 0 bridgehead atoms. The third kappa shape index (κ3) is 1.84. The molecule has 3 nitrogen and oxygen atoms in total. The van der Waals surface area contributed by atoms with Crippen LogP contribution in [0.5, 0.6) is 11.5 Å². The van der Waals surface area contributed by atoms with Crippen molar-refractivity contribution in [2.45, 2.75) is 0 Å². The van der Waals surface area contributed by atoms with Gasteiger partial charge in [0.15, 0.2) is 5.75 Å². The summed E-state index contributed by atoms with van der Waals surface area (Å²) in [4.78, 5) is 0. The van der Waals surface area contributed by atoms with E-state index in [0.29, 0.717) is 26.7 Å². The minimum atomic E-state index is 0.380. The first-order valence-corrected chi connectivity index (χ1v) is 4.64. The molecule has 72 valence electrons. The van der Waals surface area contributed by atoms with Crippen LogP contribution in [0, 0.1) is 0 Å². The van der Waals surface area contributed by atoms with E-state index in [4.69, 9.17) is 26.8 Å². The van der Waals surface area contributed by atoms with Gasteiger partial charge in [-0.25, -0.2) is 0 Å². The lowest BCUT2D eigenvalue weighted by Gasteiger charge is -2.11. The third-order valence-electron chi connectivity index (χ3n) is 1.60. The van der Waals surface area contributed by atoms with Crippen molar-refractivity contribution in [3.63, 3.8) is 0 Å². The van der Waals surface area contributed by atoms with Crippen LogP contribution in [-0.4, -0.2) is 14.2 Å². The zero-order valence-corrected chi connectivity index (χ0v) is 9.57. The highest BCUT2D eigenvalue weighted by Gasteiger charge is 2.14. The zero-order valence-electron chi connectivity index (χ0n) is 7.23. The van der Waals surface area contributed by atoms with E-state index in [1.54, 1.807) is 6.07 Å². The number of benzene rings is 1. The van der Waals surface area contributed by atoms with Gasteiger partial charge in [-0.1, -0.05) is 11.6 Å². The highest BCUT2D eigenvalue weighted by molar-refractivity contribution is 9.10. The maximum Gasteiger partial charge on any atom is 0.165 e. The maximum absolute atomic E-state index is 5.94. The Bertz CT molecular complexity index is 330. The SMILES string of the molecule is COc1cc(Br)c(N)c(OC)c1Cl. The summed E-state index contributed by atoms with van der Waals surface area (Å²) < 4.78 is 10.8. The molecule has 0 amide bonds. The molecule has 0 radical (unpaired) electrons. The van der Waals surface area contributed by atoms with Gasteiger partial charge in [0.1, 0.15) is 10.8 Å². The highest BCUT2D eigenvalue weighted by Crippen LogP contribution is 2.42. The molecule has 5 heteroatoms. The first kappa shape index (κ1) is 10.5. The molecular weight excluding hydrogens is 257 g/mol. The molecule has 0 fully saturated rings. The van der Waals surface area contributed by atoms with E-state index in [0.717, 1.165) is 0 Å². The van der Waals surface area contributed by atoms with Crippen LogP contribution in [0.15, 0.2) is 10.5 Å². The predicted molar refractivity (Wildman–Crippen MR) is 56.7 cm³/mol. The number of hydrogen-bond acceptors (Lipinski definition) is 3. The first-order chi connectivity index (χ1) is 6.11. The van der Waals surface area contributed by atoms with Crippen molar-refractivity contribution >= 4 is 33.2 Å². The maximum atomic E-state index is 5.94. The van der Waals surface area contributed by atoms with Crippen molar-refractivity contribution in [2.24, 2.45) is 0 Å². The number of methoxy groups -OCH3 is 2. The van der Waals surface area contributed by atoms with E-state index in [9.17, 15) is 0 Å². The molecule has 0 spiro atoms. The standard InChI is InChI=1S/C8H9BrClNO2/c1-12-5-3-4(9)7(11)8(13-2)6(5)10/h3H,11H2,1-2H3. The summed E-state index contributed by atoms with van der Waals surface area (Å²) in [6.45, 7) is 0. The van der Waals surface area contributed by atoms with Gasteiger partial charge in [0.05, 0.1) is 19.9 Å². The van der Waals surface area contributed by atoms with Crippen molar-refractivity contribution in [1.29, 1.82) is 0 Å². The monoisotopic (exact) mass is 265 g/mol. The minimum Gasteiger partial charge on any atom is -0.495 e. The normalized spacial score (nSPS) is 9.85. The van der Waals surface area contributed by atoms with Gasteiger partial charge in [-0.15, -0.1) is 0 Å². The number of halogens is 2. The smallest absolute Gasteiger partial charge is 0.165 e. The molecule has 0 heterocycles. The summed E-state index contributed by atoms with van der Waals surface area (Å²) >= 11 is 9.20. The van der Waals surface area contributed by atoms with Crippen LogP contribution >= 0.6 is 27.5 Å². The molecule has 1 rings (SSSR count). The topological polar surface area (TPSA) is 44.5 Å². The molecule has 1 aromatic rings. The van der Waals surface area contributed by atoms with Gasteiger partial charge in [-0.2, -0.15) is 0 Å². The van der Waals surface area contributed by atoms with Crippen molar-refractivity contribution in [2.75, 3.05) is 20.0 Å². The second-order valence-corrected chi connectivity index (χ2v) is 3.55. The zero-order chi connectivity index (χ0) is 10.0. The number of nitrogen functional groups attached to an aromatic ring is 1. The van der Waals surface area contributed by atoms with Crippen molar-refractivity contribution < 1.29 is 9.47 Å². The molecule has 0 atom stereocenters. The van der Waals surface area contributed by atoms with Crippen LogP contribution in [0.25, 0.3) is 0 Å². The van der Waals surface area contributed by atoms with E-state index in [1.807, 2.05) is 0 Å². The lowest BCUT2D eigenvalue weighted by Crippen LogP contribution is -1.96. The second kappa shape index (κ2) is 4.07. The van der Waals surface area contributed by atoms with E-state index < -0.39 is 0 Å². The third-order valence-corrected chi connectivity index (χ3v) is 2.61. The Morgan fingerprint density at radius 2 is 2.00 bits per heavy atom. The highest BCUT2D eigenvalue weighted by atomic mass is 79.9. The molecule has 0 saturated carbocycles. The quantitative estimate of drug-likeness (QED) is 0.837. The number of rotatable bonds is 2. The Morgan fingerprint density at radius 3 is 2.46 bits per heavy atom. The molecule has 1 aromatic carbocycles. The molecule has 0 unspecified atom stereocenters. The Morgan fingerprint density at radius 1 is 1.38 bits per heavy atom. The van der Waals surface area contributed by atoms with Gasteiger partial charge in [0, 0.05) is 4.47 Å². The van der Waals surface area contributed by atoms with Crippen molar-refractivity contribution in [1.82, 2.24) is 0 Å². The van der Waals surface area contributed by atoms with Crippen molar-refractivity contribution in [3.05, 3.63) is 15.6 Å². The summed E-state index contributed by atoms with van der Waals surface area (Å²) in [6, 6.07) is 1.69. The lowest BCUT2D eigenvalue weighted by atomic mass is 10.3. The number of ether oxygens (including phenoxy) is 2. The number of anilines is 1. The molecule has 0 aliphatic carbocycles. The molecular formula is C8H9BrClNO2. The van der Waals surface area contributed by atoms with Gasteiger partial charge in [-0.05, 0) is 22.0 Å². The summed E-state index contributed by atoms with van der Waals surface area (Å²) in [5.41, 5.74) is 6.17. The number of nitrogens with two attached hydrogens (primary N) is 1. The first-order valence-electron chi connectivity index (χ1n) is 3.47. The summed E-state index contributed by atoms with van der Waals surface area (Å²) in [5.74, 6) is 0.951. The summed E-state index contributed by atoms with van der Waals surface area (Å²) in [7, 11) is 3.03. The fourth-order valence-corrected chi connectivity index (χ4v) is 1.64. The van der Waals surface area contributed by atoms with Gasteiger partial charge in [-0.3, -0.25) is 0 Å². The van der Waals surface area contributed by atoms with Crippen LogP contribution in [0.2, 0.25) is 5.02 Å². The Hall–Kier alpha value is -0.610. The Kier molecular flexibility index (Phi) is 3.27. The summed E-state index contributed by atoms with van der Waals surface area (Å²) in [6.07, 6.45) is 0. The van der Waals surface area contributed by atoms with E-state index in [1.165, 1.54) is 14.2 Å². The van der Waals surface area contributed by atoms with Gasteiger partial charge >= 0.3 is 0 Å². The van der Waals surface area contributed by atoms with Crippen LogP contribution < -0.4 is 15.2 Å². The van der Waals surface area contributed by atoms with E-state index in [2.05, 4.69) is 15.9 Å². The Labute approximate surface area is 89.9 Å². The molecule has 13 heavy (non-hydrogen) atoms.